The van der Waals surface area contributed by atoms with Crippen LogP contribution in [0.3, 0.4) is 0 Å². The van der Waals surface area contributed by atoms with Crippen LogP contribution in [0.1, 0.15) is 30.8 Å². The van der Waals surface area contributed by atoms with Gasteiger partial charge < -0.3 is 15.6 Å². The van der Waals surface area contributed by atoms with Crippen LogP contribution in [0.25, 0.3) is 11.0 Å². The number of fused-ring (bicyclic) bond motifs is 1. The van der Waals surface area contributed by atoms with Crippen LogP contribution in [0.4, 0.5) is 0 Å². The van der Waals surface area contributed by atoms with E-state index in [2.05, 4.69) is 20.6 Å². The van der Waals surface area contributed by atoms with Crippen LogP contribution < -0.4 is 10.6 Å². The number of aromatic nitrogens is 2. The fraction of sp³-hybridized carbons (Fsp3) is 0.250. The number of benzene rings is 2. The molecule has 3 N–H and O–H groups in total. The van der Waals surface area contributed by atoms with Crippen LogP contribution in [0, 0.1) is 0 Å². The molecule has 3 aromatic rings. The first-order valence-electron chi connectivity index (χ1n) is 8.64. The van der Waals surface area contributed by atoms with Gasteiger partial charge in [0.2, 0.25) is 11.8 Å². The van der Waals surface area contributed by atoms with Gasteiger partial charge in [0.25, 0.3) is 0 Å². The first-order chi connectivity index (χ1) is 12.6. The number of carbonyl (C=O) groups is 2. The normalized spacial score (nSPS) is 11.9. The number of nitrogens with one attached hydrogen (secondary N) is 3. The number of para-hydroxylation sites is 2. The third-order valence-corrected chi connectivity index (χ3v) is 4.09. The summed E-state index contributed by atoms with van der Waals surface area (Å²) in [6.07, 6.45) is 0.820. The first kappa shape index (κ1) is 17.7. The van der Waals surface area contributed by atoms with Crippen molar-refractivity contribution in [2.75, 3.05) is 6.54 Å². The fourth-order valence-electron chi connectivity index (χ4n) is 2.88. The average molecular weight is 350 g/mol. The molecule has 26 heavy (non-hydrogen) atoms. The molecule has 6 heteroatoms. The maximum absolute atomic E-state index is 12.3. The van der Waals surface area contributed by atoms with Crippen LogP contribution in [-0.2, 0) is 16.0 Å². The Morgan fingerprint density at radius 3 is 2.54 bits per heavy atom. The summed E-state index contributed by atoms with van der Waals surface area (Å²) in [6, 6.07) is 17.0. The van der Waals surface area contributed by atoms with Crippen molar-refractivity contribution in [3.63, 3.8) is 0 Å². The molecule has 0 fully saturated rings. The van der Waals surface area contributed by atoms with Crippen molar-refractivity contribution < 1.29 is 9.59 Å². The summed E-state index contributed by atoms with van der Waals surface area (Å²) in [4.78, 5) is 31.5. The summed E-state index contributed by atoms with van der Waals surface area (Å²) in [6.45, 7) is 1.94. The lowest BCUT2D eigenvalue weighted by molar-refractivity contribution is -0.122. The number of amides is 2. The lowest BCUT2D eigenvalue weighted by Gasteiger charge is -2.18. The molecule has 2 amide bonds. The van der Waals surface area contributed by atoms with E-state index in [0.29, 0.717) is 13.0 Å². The van der Waals surface area contributed by atoms with E-state index in [0.717, 1.165) is 22.4 Å². The number of hydrogen-bond acceptors (Lipinski definition) is 3. The largest absolute Gasteiger partial charge is 0.356 e. The molecule has 134 valence electrons. The third kappa shape index (κ3) is 4.69. The van der Waals surface area contributed by atoms with Gasteiger partial charge in [0.1, 0.15) is 5.82 Å². The second-order valence-electron chi connectivity index (χ2n) is 6.17. The van der Waals surface area contributed by atoms with E-state index in [1.54, 1.807) is 0 Å². The molecule has 2 aromatic carbocycles. The average Bonchev–Trinajstić information content (AvgIpc) is 3.04. The molecule has 0 radical (unpaired) electrons. The topological polar surface area (TPSA) is 86.9 Å². The number of imidazole rings is 1. The Labute approximate surface area is 152 Å². The van der Waals surface area contributed by atoms with Crippen molar-refractivity contribution in [2.24, 2.45) is 0 Å². The van der Waals surface area contributed by atoms with Gasteiger partial charge in [0.15, 0.2) is 0 Å². The fourth-order valence-corrected chi connectivity index (χ4v) is 2.88. The second-order valence-corrected chi connectivity index (χ2v) is 6.17. The Morgan fingerprint density at radius 2 is 1.81 bits per heavy atom. The van der Waals surface area contributed by atoms with Gasteiger partial charge in [0, 0.05) is 19.9 Å². The van der Waals surface area contributed by atoms with Crippen molar-refractivity contribution in [1.29, 1.82) is 0 Å². The number of hydrogen-bond donors (Lipinski definition) is 3. The molecule has 1 unspecified atom stereocenters. The maximum Gasteiger partial charge on any atom is 0.222 e. The van der Waals surface area contributed by atoms with E-state index < -0.39 is 0 Å². The monoisotopic (exact) mass is 350 g/mol. The highest BCUT2D eigenvalue weighted by molar-refractivity contribution is 5.79. The number of aromatic amines is 1. The molecular weight excluding hydrogens is 328 g/mol. The standard InChI is InChI=1S/C20H22N4O2/c1-14(25)22-18(15-7-3-2-4-8-15)13-20(26)21-12-11-19-23-16-9-5-6-10-17(16)24-19/h2-10,18H,11-13H2,1H3,(H,21,26)(H,22,25)(H,23,24). The molecule has 1 heterocycles. The van der Waals surface area contributed by atoms with Crippen LogP contribution in [-0.4, -0.2) is 28.3 Å². The van der Waals surface area contributed by atoms with E-state index in [1.807, 2.05) is 54.6 Å². The third-order valence-electron chi connectivity index (χ3n) is 4.09. The van der Waals surface area contributed by atoms with E-state index >= 15 is 0 Å². The minimum absolute atomic E-state index is 0.108. The molecule has 0 spiro atoms. The molecular formula is C20H22N4O2. The SMILES string of the molecule is CC(=O)NC(CC(=O)NCCc1nc2ccccc2[nH]1)c1ccccc1. The number of carbonyl (C=O) groups excluding carboxylic acids is 2. The quantitative estimate of drug-likeness (QED) is 0.612. The molecule has 0 aliphatic carbocycles. The molecule has 0 aliphatic rings. The zero-order valence-electron chi connectivity index (χ0n) is 14.7. The molecule has 0 saturated heterocycles. The van der Waals surface area contributed by atoms with Gasteiger partial charge in [-0.3, -0.25) is 9.59 Å². The highest BCUT2D eigenvalue weighted by atomic mass is 16.2. The van der Waals surface area contributed by atoms with E-state index in [4.69, 9.17) is 0 Å². The summed E-state index contributed by atoms with van der Waals surface area (Å²) < 4.78 is 0. The van der Waals surface area contributed by atoms with Crippen molar-refractivity contribution in [3.05, 3.63) is 66.0 Å². The minimum Gasteiger partial charge on any atom is -0.356 e. The number of rotatable bonds is 7. The molecule has 0 aliphatic heterocycles. The predicted molar refractivity (Wildman–Crippen MR) is 100 cm³/mol. The van der Waals surface area contributed by atoms with Crippen LogP contribution >= 0.6 is 0 Å². The van der Waals surface area contributed by atoms with E-state index in [1.165, 1.54) is 6.92 Å². The lowest BCUT2D eigenvalue weighted by atomic mass is 10.0. The van der Waals surface area contributed by atoms with Crippen molar-refractivity contribution in [1.82, 2.24) is 20.6 Å². The smallest absolute Gasteiger partial charge is 0.222 e. The molecule has 6 nitrogen and oxygen atoms in total. The van der Waals surface area contributed by atoms with Gasteiger partial charge in [-0.15, -0.1) is 0 Å². The Bertz CT molecular complexity index is 856. The molecule has 0 bridgehead atoms. The van der Waals surface area contributed by atoms with Crippen molar-refractivity contribution >= 4 is 22.8 Å². The number of H-pyrrole nitrogens is 1. The number of nitrogens with zero attached hydrogens (tertiary/aromatic N) is 1. The Kier molecular flexibility index (Phi) is 5.63. The minimum atomic E-state index is -0.333. The molecule has 0 saturated carbocycles. The van der Waals surface area contributed by atoms with Crippen molar-refractivity contribution in [2.45, 2.75) is 25.8 Å². The van der Waals surface area contributed by atoms with E-state index in [9.17, 15) is 9.59 Å². The second kappa shape index (κ2) is 8.29. The zero-order chi connectivity index (χ0) is 18.4. The van der Waals surface area contributed by atoms with Gasteiger partial charge in [-0.25, -0.2) is 4.98 Å². The predicted octanol–water partition coefficient (Wildman–Crippen LogP) is 2.49. The van der Waals surface area contributed by atoms with Crippen LogP contribution in [0.15, 0.2) is 54.6 Å². The summed E-state index contributed by atoms with van der Waals surface area (Å²) >= 11 is 0. The summed E-state index contributed by atoms with van der Waals surface area (Å²) in [5.74, 6) is 0.575. The summed E-state index contributed by atoms with van der Waals surface area (Å²) in [5.41, 5.74) is 2.82. The maximum atomic E-state index is 12.3. The van der Waals surface area contributed by atoms with E-state index in [-0.39, 0.29) is 24.3 Å². The van der Waals surface area contributed by atoms with Gasteiger partial charge in [-0.1, -0.05) is 42.5 Å². The summed E-state index contributed by atoms with van der Waals surface area (Å²) in [7, 11) is 0. The Hall–Kier alpha value is -3.15. The van der Waals surface area contributed by atoms with Gasteiger partial charge in [-0.05, 0) is 17.7 Å². The first-order valence-corrected chi connectivity index (χ1v) is 8.64. The summed E-state index contributed by atoms with van der Waals surface area (Å²) in [5, 5.41) is 5.73. The van der Waals surface area contributed by atoms with Gasteiger partial charge in [0.05, 0.1) is 23.5 Å². The highest BCUT2D eigenvalue weighted by Gasteiger charge is 2.16. The van der Waals surface area contributed by atoms with Crippen LogP contribution in [0.2, 0.25) is 0 Å². The van der Waals surface area contributed by atoms with Gasteiger partial charge >= 0.3 is 0 Å². The molecule has 1 aromatic heterocycles. The van der Waals surface area contributed by atoms with Crippen LogP contribution in [0.5, 0.6) is 0 Å². The molecule has 1 atom stereocenters. The Morgan fingerprint density at radius 1 is 1.08 bits per heavy atom. The van der Waals surface area contributed by atoms with Gasteiger partial charge in [-0.2, -0.15) is 0 Å². The Balaban J connectivity index is 1.54. The lowest BCUT2D eigenvalue weighted by Crippen LogP contribution is -2.33. The highest BCUT2D eigenvalue weighted by Crippen LogP contribution is 2.16. The molecule has 3 rings (SSSR count). The zero-order valence-corrected chi connectivity index (χ0v) is 14.7. The van der Waals surface area contributed by atoms with Crippen molar-refractivity contribution in [3.8, 4) is 0 Å².